The van der Waals surface area contributed by atoms with Crippen molar-refractivity contribution in [2.45, 2.75) is 0 Å². The van der Waals surface area contributed by atoms with E-state index in [0.29, 0.717) is 16.2 Å². The van der Waals surface area contributed by atoms with Gasteiger partial charge >= 0.3 is 5.97 Å². The van der Waals surface area contributed by atoms with Crippen molar-refractivity contribution in [3.63, 3.8) is 0 Å². The van der Waals surface area contributed by atoms with Crippen LogP contribution >= 0.6 is 33.9 Å². The Morgan fingerprint density at radius 1 is 1.04 bits per heavy atom. The van der Waals surface area contributed by atoms with E-state index in [4.69, 9.17) is 4.74 Å². The lowest BCUT2D eigenvalue weighted by molar-refractivity contribution is -0.132. The lowest BCUT2D eigenvalue weighted by atomic mass is 10.2. The monoisotopic (exact) mass is 491 g/mol. The Kier molecular flexibility index (Phi) is 6.25. The molecule has 0 fully saturated rings. The maximum Gasteiger partial charge on any atom is 0.352 e. The molecule has 1 aromatic heterocycles. The van der Waals surface area contributed by atoms with E-state index >= 15 is 0 Å². The molecule has 0 saturated carbocycles. The Morgan fingerprint density at radius 2 is 1.78 bits per heavy atom. The molecule has 136 valence electrons. The predicted molar refractivity (Wildman–Crippen MR) is 113 cm³/mol. The summed E-state index contributed by atoms with van der Waals surface area (Å²) in [4.78, 5) is 24.0. The first-order chi connectivity index (χ1) is 13.0. The zero-order valence-corrected chi connectivity index (χ0v) is 16.9. The molecule has 2 aromatic carbocycles. The molecule has 1 heterocycles. The molecule has 0 bridgehead atoms. The number of hydrogen-bond acceptors (Lipinski definition) is 4. The van der Waals surface area contributed by atoms with Gasteiger partial charge in [0.1, 0.15) is 17.2 Å². The Labute approximate surface area is 173 Å². The minimum atomic E-state index is -1.21. The highest BCUT2D eigenvalue weighted by Gasteiger charge is 2.14. The van der Waals surface area contributed by atoms with Crippen molar-refractivity contribution >= 4 is 51.9 Å². The number of carbonyl (C=O) groups is 2. The van der Waals surface area contributed by atoms with Crippen LogP contribution in [0.3, 0.4) is 0 Å². The number of benzene rings is 2. The predicted octanol–water partition coefficient (Wildman–Crippen LogP) is 5.00. The Balaban J connectivity index is 1.75. The lowest BCUT2D eigenvalue weighted by Gasteiger charge is -2.08. The molecule has 0 aliphatic carbocycles. The van der Waals surface area contributed by atoms with Crippen molar-refractivity contribution < 1.29 is 19.4 Å². The van der Waals surface area contributed by atoms with Gasteiger partial charge in [0.25, 0.3) is 5.91 Å². The van der Waals surface area contributed by atoms with Crippen molar-refractivity contribution in [2.24, 2.45) is 0 Å². The van der Waals surface area contributed by atoms with E-state index < -0.39 is 11.9 Å². The molecule has 0 aliphatic heterocycles. The first-order valence-electron chi connectivity index (χ1n) is 7.85. The summed E-state index contributed by atoms with van der Waals surface area (Å²) in [6.07, 6.45) is 1.41. The number of para-hydroxylation sites is 1. The number of thiophene rings is 1. The van der Waals surface area contributed by atoms with E-state index in [0.717, 1.165) is 9.32 Å². The van der Waals surface area contributed by atoms with Crippen LogP contribution in [0.2, 0.25) is 0 Å². The standard InChI is InChI=1S/C20H14INO4S/c21-15-4-1-2-5-17(15)26-14-9-7-13(8-10-14)12-16(20(24)25)22-19(23)18-6-3-11-27-18/h1-12H,(H,22,23)(H,24,25). The van der Waals surface area contributed by atoms with Crippen molar-refractivity contribution in [1.29, 1.82) is 0 Å². The minimum absolute atomic E-state index is 0.195. The molecule has 7 heteroatoms. The first kappa shape index (κ1) is 19.1. The van der Waals surface area contributed by atoms with Gasteiger partial charge < -0.3 is 15.2 Å². The third-order valence-electron chi connectivity index (χ3n) is 3.48. The van der Waals surface area contributed by atoms with Crippen LogP contribution in [0.15, 0.2) is 71.7 Å². The van der Waals surface area contributed by atoms with Gasteiger partial charge in [-0.1, -0.05) is 30.3 Å². The third kappa shape index (κ3) is 5.18. The summed E-state index contributed by atoms with van der Waals surface area (Å²) in [5.41, 5.74) is 0.439. The van der Waals surface area contributed by atoms with Gasteiger partial charge in [-0.25, -0.2) is 4.79 Å². The number of nitrogens with one attached hydrogen (secondary N) is 1. The number of carboxylic acid groups (broad SMARTS) is 1. The van der Waals surface area contributed by atoms with Crippen molar-refractivity contribution in [3.8, 4) is 11.5 Å². The van der Waals surface area contributed by atoms with E-state index in [2.05, 4.69) is 27.9 Å². The summed E-state index contributed by atoms with van der Waals surface area (Å²) in [5, 5.41) is 13.5. The smallest absolute Gasteiger partial charge is 0.352 e. The topological polar surface area (TPSA) is 75.6 Å². The van der Waals surface area contributed by atoms with Crippen LogP contribution in [0.1, 0.15) is 15.2 Å². The van der Waals surface area contributed by atoms with Crippen molar-refractivity contribution in [2.75, 3.05) is 0 Å². The summed E-state index contributed by atoms with van der Waals surface area (Å²) in [6, 6.07) is 18.0. The molecular formula is C20H14INO4S. The first-order valence-corrected chi connectivity index (χ1v) is 9.81. The number of rotatable bonds is 6. The highest BCUT2D eigenvalue weighted by atomic mass is 127. The Morgan fingerprint density at radius 3 is 2.41 bits per heavy atom. The second-order valence-electron chi connectivity index (χ2n) is 5.40. The molecule has 3 rings (SSSR count). The van der Waals surface area contributed by atoms with E-state index in [1.807, 2.05) is 24.3 Å². The van der Waals surface area contributed by atoms with Crippen LogP contribution in [0, 0.1) is 3.57 Å². The third-order valence-corrected chi connectivity index (χ3v) is 5.24. The van der Waals surface area contributed by atoms with E-state index in [1.54, 1.807) is 41.8 Å². The van der Waals surface area contributed by atoms with Crippen LogP contribution in [0.4, 0.5) is 0 Å². The highest BCUT2D eigenvalue weighted by molar-refractivity contribution is 14.1. The molecule has 0 aliphatic rings. The number of ether oxygens (including phenoxy) is 1. The fourth-order valence-electron chi connectivity index (χ4n) is 2.20. The van der Waals surface area contributed by atoms with Gasteiger partial charge in [-0.15, -0.1) is 11.3 Å². The second kappa shape index (κ2) is 8.83. The van der Waals surface area contributed by atoms with Crippen LogP contribution < -0.4 is 10.1 Å². The van der Waals surface area contributed by atoms with Crippen molar-refractivity contribution in [1.82, 2.24) is 5.32 Å². The van der Waals surface area contributed by atoms with Gasteiger partial charge in [0.05, 0.1) is 8.45 Å². The number of aliphatic carboxylic acids is 1. The molecule has 0 atom stereocenters. The number of halogens is 1. The molecule has 1 amide bonds. The van der Waals surface area contributed by atoms with Crippen LogP contribution in [0.25, 0.3) is 6.08 Å². The normalized spacial score (nSPS) is 11.1. The van der Waals surface area contributed by atoms with Crippen LogP contribution in [-0.4, -0.2) is 17.0 Å². The zero-order chi connectivity index (χ0) is 19.2. The number of amides is 1. The Bertz CT molecular complexity index is 981. The maximum absolute atomic E-state index is 12.1. The second-order valence-corrected chi connectivity index (χ2v) is 7.51. The van der Waals surface area contributed by atoms with Crippen LogP contribution in [-0.2, 0) is 4.79 Å². The van der Waals surface area contributed by atoms with Gasteiger partial charge in [0, 0.05) is 0 Å². The molecular weight excluding hydrogens is 477 g/mol. The van der Waals surface area contributed by atoms with Gasteiger partial charge in [0.15, 0.2) is 0 Å². The molecule has 0 radical (unpaired) electrons. The zero-order valence-electron chi connectivity index (χ0n) is 13.9. The van der Waals surface area contributed by atoms with Crippen LogP contribution in [0.5, 0.6) is 11.5 Å². The average Bonchev–Trinajstić information content (AvgIpc) is 3.19. The van der Waals surface area contributed by atoms with Gasteiger partial charge in [-0.2, -0.15) is 0 Å². The highest BCUT2D eigenvalue weighted by Crippen LogP contribution is 2.26. The van der Waals surface area contributed by atoms with E-state index in [9.17, 15) is 14.7 Å². The molecule has 0 unspecified atom stereocenters. The molecule has 2 N–H and O–H groups in total. The SMILES string of the molecule is O=C(O)C(=Cc1ccc(Oc2ccccc2I)cc1)NC(=O)c1cccs1. The summed E-state index contributed by atoms with van der Waals surface area (Å²) in [5.74, 6) is -0.275. The molecule has 3 aromatic rings. The molecule has 27 heavy (non-hydrogen) atoms. The molecule has 0 saturated heterocycles. The van der Waals surface area contributed by atoms with Gasteiger partial charge in [-0.05, 0) is 69.9 Å². The average molecular weight is 491 g/mol. The minimum Gasteiger partial charge on any atom is -0.477 e. The fraction of sp³-hybridized carbons (Fsp3) is 0. The largest absolute Gasteiger partial charge is 0.477 e. The summed E-state index contributed by atoms with van der Waals surface area (Å²) in [6.45, 7) is 0. The fourth-order valence-corrected chi connectivity index (χ4v) is 3.31. The quantitative estimate of drug-likeness (QED) is 0.376. The maximum atomic E-state index is 12.1. The Hall–Kier alpha value is -2.65. The lowest BCUT2D eigenvalue weighted by Crippen LogP contribution is -2.26. The summed E-state index contributed by atoms with van der Waals surface area (Å²) in [7, 11) is 0. The summed E-state index contributed by atoms with van der Waals surface area (Å²) >= 11 is 3.44. The number of carboxylic acids is 1. The summed E-state index contributed by atoms with van der Waals surface area (Å²) < 4.78 is 6.81. The molecule has 5 nitrogen and oxygen atoms in total. The van der Waals surface area contributed by atoms with Crippen molar-refractivity contribution in [3.05, 3.63) is 85.8 Å². The molecule has 0 spiro atoms. The number of hydrogen-bond donors (Lipinski definition) is 2. The van der Waals surface area contributed by atoms with E-state index in [-0.39, 0.29) is 5.70 Å². The van der Waals surface area contributed by atoms with Gasteiger partial charge in [-0.3, -0.25) is 4.79 Å². The number of carbonyl (C=O) groups excluding carboxylic acids is 1. The van der Waals surface area contributed by atoms with Gasteiger partial charge in [0.2, 0.25) is 0 Å². The van der Waals surface area contributed by atoms with E-state index in [1.165, 1.54) is 17.4 Å².